The van der Waals surface area contributed by atoms with Crippen LogP contribution in [0, 0.1) is 0 Å². The van der Waals surface area contributed by atoms with E-state index in [1.807, 2.05) is 0 Å². The Bertz CT molecular complexity index is 1580. The van der Waals surface area contributed by atoms with Crippen molar-refractivity contribution in [3.63, 3.8) is 0 Å². The molecule has 0 bridgehead atoms. The third-order valence-electron chi connectivity index (χ3n) is 5.75. The summed E-state index contributed by atoms with van der Waals surface area (Å²) in [4.78, 5) is 50.4. The molecule has 0 aliphatic carbocycles. The van der Waals surface area contributed by atoms with Gasteiger partial charge < -0.3 is 40.9 Å². The van der Waals surface area contributed by atoms with Gasteiger partial charge in [-0.3, -0.25) is 19.2 Å². The van der Waals surface area contributed by atoms with Crippen LogP contribution in [0.5, 0.6) is 46.0 Å². The molecule has 12 nitrogen and oxygen atoms in total. The minimum absolute atomic E-state index is 0.340. The second-order valence-electron chi connectivity index (χ2n) is 8.57. The van der Waals surface area contributed by atoms with E-state index in [1.54, 1.807) is 0 Å². The van der Waals surface area contributed by atoms with Gasteiger partial charge in [-0.25, -0.2) is 0 Å². The first-order valence-corrected chi connectivity index (χ1v) is 11.1. The van der Waals surface area contributed by atoms with Gasteiger partial charge in [0.1, 0.15) is 46.0 Å². The van der Waals surface area contributed by atoms with Crippen LogP contribution < -0.4 is 0 Å². The Morgan fingerprint density at radius 2 is 0.650 bits per heavy atom. The maximum atomic E-state index is 12.7. The fraction of sp³-hybridized carbons (Fsp3) is 0. The minimum Gasteiger partial charge on any atom is -0.508 e. The molecule has 4 aromatic carbocycles. The van der Waals surface area contributed by atoms with Gasteiger partial charge in [0.05, 0.1) is 11.1 Å². The Morgan fingerprint density at radius 1 is 0.350 bits per heavy atom. The van der Waals surface area contributed by atoms with Crippen molar-refractivity contribution in [2.24, 2.45) is 0 Å². The molecule has 0 fully saturated rings. The Kier molecular flexibility index (Phi) is 6.77. The summed E-state index contributed by atoms with van der Waals surface area (Å²) in [6, 6.07) is 8.49. The number of hydrogen-bond acceptors (Lipinski definition) is 12. The highest BCUT2D eigenvalue weighted by molar-refractivity contribution is 6.50. The molecule has 8 N–H and O–H groups in total. The van der Waals surface area contributed by atoms with Gasteiger partial charge in [0, 0.05) is 34.4 Å². The summed E-state index contributed by atoms with van der Waals surface area (Å²) >= 11 is 0. The quantitative estimate of drug-likeness (QED) is 0.0949. The van der Waals surface area contributed by atoms with Crippen molar-refractivity contribution in [1.29, 1.82) is 0 Å². The number of aromatic hydroxyl groups is 8. The molecule has 0 radical (unpaired) electrons. The summed E-state index contributed by atoms with van der Waals surface area (Å²) in [5, 5.41) is 80.1. The second kappa shape index (κ2) is 10.0. The molecule has 0 atom stereocenters. The van der Waals surface area contributed by atoms with Gasteiger partial charge in [-0.15, -0.1) is 0 Å². The average Bonchev–Trinajstić information content (AvgIpc) is 2.88. The van der Waals surface area contributed by atoms with E-state index < -0.39 is 91.4 Å². The summed E-state index contributed by atoms with van der Waals surface area (Å²) in [6.45, 7) is 0. The topological polar surface area (TPSA) is 230 Å². The van der Waals surface area contributed by atoms with Crippen molar-refractivity contribution in [2.45, 2.75) is 0 Å². The van der Waals surface area contributed by atoms with Crippen LogP contribution in [0.2, 0.25) is 0 Å². The van der Waals surface area contributed by atoms with Crippen LogP contribution in [0.4, 0.5) is 0 Å². The SMILES string of the molecule is O=C(C(=O)c1cc(O)c(-c2cc(O)c(C(=O)C(=O)c3cc(O)cc(O)c3)cc2O)cc1O)c1cc(O)cc(O)c1. The Morgan fingerprint density at radius 3 is 0.950 bits per heavy atom. The molecule has 4 rings (SSSR count). The molecule has 4 aromatic rings. The van der Waals surface area contributed by atoms with Crippen LogP contribution >= 0.6 is 0 Å². The van der Waals surface area contributed by atoms with E-state index in [2.05, 4.69) is 0 Å². The lowest BCUT2D eigenvalue weighted by Crippen LogP contribution is -2.15. The average molecular weight is 546 g/mol. The summed E-state index contributed by atoms with van der Waals surface area (Å²) in [6.07, 6.45) is 0. The van der Waals surface area contributed by atoms with Gasteiger partial charge >= 0.3 is 0 Å². The van der Waals surface area contributed by atoms with Gasteiger partial charge in [-0.2, -0.15) is 0 Å². The highest BCUT2D eigenvalue weighted by atomic mass is 16.3. The Hall–Kier alpha value is -6.04. The number of carbonyl (C=O) groups excluding carboxylic acids is 4. The molecule has 0 heterocycles. The normalized spacial score (nSPS) is 10.7. The van der Waals surface area contributed by atoms with Crippen LogP contribution in [0.1, 0.15) is 41.4 Å². The minimum atomic E-state index is -1.31. The summed E-state index contributed by atoms with van der Waals surface area (Å²) in [5.41, 5.74) is -2.80. The molecular formula is C28H18O12. The molecule has 0 unspecified atom stereocenters. The molecule has 0 spiro atoms. The van der Waals surface area contributed by atoms with E-state index in [-0.39, 0.29) is 11.1 Å². The number of Topliss-reactive ketones (excluding diaryl/α,β-unsaturated/α-hetero) is 4. The fourth-order valence-electron chi connectivity index (χ4n) is 3.91. The molecular weight excluding hydrogens is 528 g/mol. The number of rotatable bonds is 7. The maximum Gasteiger partial charge on any atom is 0.237 e. The second-order valence-corrected chi connectivity index (χ2v) is 8.57. The van der Waals surface area contributed by atoms with Crippen molar-refractivity contribution >= 4 is 23.1 Å². The van der Waals surface area contributed by atoms with Gasteiger partial charge in [0.25, 0.3) is 0 Å². The maximum absolute atomic E-state index is 12.7. The lowest BCUT2D eigenvalue weighted by atomic mass is 9.94. The van der Waals surface area contributed by atoms with Crippen molar-refractivity contribution in [3.8, 4) is 57.1 Å². The molecule has 0 aromatic heterocycles. The Balaban J connectivity index is 1.68. The monoisotopic (exact) mass is 546 g/mol. The van der Waals surface area contributed by atoms with Crippen molar-refractivity contribution in [1.82, 2.24) is 0 Å². The van der Waals surface area contributed by atoms with Gasteiger partial charge in [0.15, 0.2) is 0 Å². The third-order valence-corrected chi connectivity index (χ3v) is 5.75. The number of ketones is 4. The zero-order chi connectivity index (χ0) is 29.5. The number of carbonyl (C=O) groups is 4. The molecule has 0 saturated heterocycles. The first-order valence-electron chi connectivity index (χ1n) is 11.1. The first kappa shape index (κ1) is 27.0. The van der Waals surface area contributed by atoms with Gasteiger partial charge in [-0.1, -0.05) is 0 Å². The van der Waals surface area contributed by atoms with Crippen LogP contribution in [-0.4, -0.2) is 64.0 Å². The van der Waals surface area contributed by atoms with Crippen molar-refractivity contribution < 1.29 is 60.0 Å². The first-order chi connectivity index (χ1) is 18.8. The van der Waals surface area contributed by atoms with E-state index in [0.29, 0.717) is 12.1 Å². The van der Waals surface area contributed by atoms with E-state index in [9.17, 15) is 60.0 Å². The molecule has 40 heavy (non-hydrogen) atoms. The summed E-state index contributed by atoms with van der Waals surface area (Å²) in [5.74, 6) is -10.2. The van der Waals surface area contributed by atoms with Crippen molar-refractivity contribution in [2.75, 3.05) is 0 Å². The van der Waals surface area contributed by atoms with E-state index >= 15 is 0 Å². The van der Waals surface area contributed by atoms with E-state index in [4.69, 9.17) is 0 Å². The number of phenolic OH excluding ortho intramolecular Hbond substituents is 8. The summed E-state index contributed by atoms with van der Waals surface area (Å²) < 4.78 is 0. The van der Waals surface area contributed by atoms with Crippen molar-refractivity contribution in [3.05, 3.63) is 82.9 Å². The predicted octanol–water partition coefficient (Wildman–Crippen LogP) is 3.13. The van der Waals surface area contributed by atoms with E-state index in [0.717, 1.165) is 48.5 Å². The third kappa shape index (κ3) is 5.04. The van der Waals surface area contributed by atoms with Crippen LogP contribution in [0.3, 0.4) is 0 Å². The lowest BCUT2D eigenvalue weighted by Gasteiger charge is -2.13. The zero-order valence-electron chi connectivity index (χ0n) is 20.0. The van der Waals surface area contributed by atoms with Crippen LogP contribution in [0.15, 0.2) is 60.7 Å². The zero-order valence-corrected chi connectivity index (χ0v) is 20.0. The number of benzene rings is 4. The van der Waals surface area contributed by atoms with Crippen LogP contribution in [-0.2, 0) is 0 Å². The standard InChI is InChI=1S/C28H18O12/c29-13-1-11(2-14(30)5-13)25(37)27(39)19-9-21(33)17(7-23(19)35)18-8-24(36)20(10-22(18)34)28(40)26(38)12-3-15(31)6-16(32)4-12/h1-10,29-36H. The molecule has 0 aliphatic rings. The molecule has 0 saturated carbocycles. The van der Waals surface area contributed by atoms with Gasteiger partial charge in [-0.05, 0) is 48.5 Å². The smallest absolute Gasteiger partial charge is 0.237 e. The lowest BCUT2D eigenvalue weighted by molar-refractivity contribution is 0.0814. The predicted molar refractivity (Wildman–Crippen MR) is 135 cm³/mol. The van der Waals surface area contributed by atoms with E-state index in [1.165, 1.54) is 0 Å². The fourth-order valence-corrected chi connectivity index (χ4v) is 3.91. The summed E-state index contributed by atoms with van der Waals surface area (Å²) in [7, 11) is 0. The number of hydrogen-bond donors (Lipinski definition) is 8. The van der Waals surface area contributed by atoms with Gasteiger partial charge in [0.2, 0.25) is 23.1 Å². The molecule has 202 valence electrons. The Labute approximate surface area is 223 Å². The highest BCUT2D eigenvalue weighted by Gasteiger charge is 2.27. The molecule has 0 aliphatic heterocycles. The molecule has 0 amide bonds. The highest BCUT2D eigenvalue weighted by Crippen LogP contribution is 2.42. The largest absolute Gasteiger partial charge is 0.508 e. The number of phenols is 8. The van der Waals surface area contributed by atoms with Crippen LogP contribution in [0.25, 0.3) is 11.1 Å². The molecule has 12 heteroatoms.